The van der Waals surface area contributed by atoms with Gasteiger partial charge in [0.2, 0.25) is 0 Å². The number of rotatable bonds is 8. The van der Waals surface area contributed by atoms with E-state index in [0.29, 0.717) is 6.54 Å². The molecule has 0 fully saturated rings. The minimum Gasteiger partial charge on any atom is -0.489 e. The summed E-state index contributed by atoms with van der Waals surface area (Å²) in [5.74, 6) is 2.61. The Morgan fingerprint density at radius 3 is 2.79 bits per heavy atom. The van der Waals surface area contributed by atoms with Gasteiger partial charge in [-0.2, -0.15) is 0 Å². The van der Waals surface area contributed by atoms with Crippen LogP contribution >= 0.6 is 0 Å². The van der Waals surface area contributed by atoms with Crippen LogP contribution in [-0.2, 0) is 13.0 Å². The molecule has 0 aliphatic rings. The van der Waals surface area contributed by atoms with Gasteiger partial charge in [-0.25, -0.2) is 0 Å². The van der Waals surface area contributed by atoms with Gasteiger partial charge in [0, 0.05) is 26.6 Å². The molecule has 1 heterocycles. The van der Waals surface area contributed by atoms with Gasteiger partial charge in [-0.15, -0.1) is 10.2 Å². The van der Waals surface area contributed by atoms with E-state index in [1.165, 1.54) is 0 Å². The molecule has 0 aliphatic heterocycles. The van der Waals surface area contributed by atoms with Gasteiger partial charge in [-0.3, -0.25) is 4.99 Å². The van der Waals surface area contributed by atoms with Crippen molar-refractivity contribution in [2.75, 3.05) is 20.1 Å². The van der Waals surface area contributed by atoms with Crippen molar-refractivity contribution in [3.63, 3.8) is 0 Å². The molecular formula is C17H26N6O. The predicted molar refractivity (Wildman–Crippen MR) is 95.3 cm³/mol. The lowest BCUT2D eigenvalue weighted by Gasteiger charge is -2.18. The average Bonchev–Trinajstić information content (AvgIpc) is 3.06. The lowest BCUT2D eigenvalue weighted by Crippen LogP contribution is -2.42. The van der Waals surface area contributed by atoms with E-state index in [1.807, 2.05) is 41.8 Å². The Labute approximate surface area is 143 Å². The van der Waals surface area contributed by atoms with E-state index in [4.69, 9.17) is 4.74 Å². The molecule has 2 N–H and O–H groups in total. The van der Waals surface area contributed by atoms with E-state index in [1.54, 1.807) is 13.4 Å². The SMILES string of the molecule is CCc1nncn1CCNC(=NC)NCC(C)Oc1ccccc1. The summed E-state index contributed by atoms with van der Waals surface area (Å²) in [6.45, 7) is 6.31. The lowest BCUT2D eigenvalue weighted by atomic mass is 10.3. The van der Waals surface area contributed by atoms with Gasteiger partial charge in [0.15, 0.2) is 5.96 Å². The van der Waals surface area contributed by atoms with E-state index in [2.05, 4.69) is 32.7 Å². The summed E-state index contributed by atoms with van der Waals surface area (Å²) >= 11 is 0. The topological polar surface area (TPSA) is 76.4 Å². The van der Waals surface area contributed by atoms with Crippen LogP contribution in [0, 0.1) is 0 Å². The molecule has 130 valence electrons. The normalized spacial score (nSPS) is 12.7. The molecule has 0 amide bonds. The molecule has 0 aliphatic carbocycles. The van der Waals surface area contributed by atoms with Gasteiger partial charge in [0.1, 0.15) is 24.0 Å². The number of aliphatic imine (C=N–C) groups is 1. The summed E-state index contributed by atoms with van der Waals surface area (Å²) in [6, 6.07) is 9.81. The van der Waals surface area contributed by atoms with Crippen LogP contribution in [0.15, 0.2) is 41.7 Å². The van der Waals surface area contributed by atoms with E-state index in [0.717, 1.165) is 37.0 Å². The largest absolute Gasteiger partial charge is 0.489 e. The maximum Gasteiger partial charge on any atom is 0.191 e. The first kappa shape index (κ1) is 17.8. The van der Waals surface area contributed by atoms with Crippen molar-refractivity contribution in [1.29, 1.82) is 0 Å². The van der Waals surface area contributed by atoms with Gasteiger partial charge in [-0.05, 0) is 19.1 Å². The molecule has 24 heavy (non-hydrogen) atoms. The van der Waals surface area contributed by atoms with Gasteiger partial charge in [-0.1, -0.05) is 25.1 Å². The second-order valence-corrected chi connectivity index (χ2v) is 5.42. The van der Waals surface area contributed by atoms with Gasteiger partial charge in [0.25, 0.3) is 0 Å². The Balaban J connectivity index is 1.70. The van der Waals surface area contributed by atoms with Crippen LogP contribution in [0.25, 0.3) is 0 Å². The standard InChI is InChI=1S/C17H26N6O/c1-4-16-22-21-13-23(16)11-10-19-17(18-3)20-12-14(2)24-15-8-6-5-7-9-15/h5-9,13-14H,4,10-12H2,1-3H3,(H2,18,19,20). The number of hydrogen-bond acceptors (Lipinski definition) is 4. The fourth-order valence-electron chi connectivity index (χ4n) is 2.27. The van der Waals surface area contributed by atoms with Crippen LogP contribution in [0.4, 0.5) is 0 Å². The zero-order chi connectivity index (χ0) is 17.2. The highest BCUT2D eigenvalue weighted by molar-refractivity contribution is 5.79. The molecule has 0 saturated heterocycles. The summed E-state index contributed by atoms with van der Waals surface area (Å²) in [5, 5.41) is 14.6. The van der Waals surface area contributed by atoms with Crippen LogP contribution < -0.4 is 15.4 Å². The first-order valence-electron chi connectivity index (χ1n) is 8.25. The Hall–Kier alpha value is -2.57. The second-order valence-electron chi connectivity index (χ2n) is 5.42. The van der Waals surface area contributed by atoms with Gasteiger partial charge in [0.05, 0.1) is 6.54 Å². The van der Waals surface area contributed by atoms with E-state index in [9.17, 15) is 0 Å². The van der Waals surface area contributed by atoms with Crippen molar-refractivity contribution >= 4 is 5.96 Å². The minimum atomic E-state index is 0.0375. The summed E-state index contributed by atoms with van der Waals surface area (Å²) in [4.78, 5) is 4.23. The van der Waals surface area contributed by atoms with Crippen molar-refractivity contribution in [1.82, 2.24) is 25.4 Å². The van der Waals surface area contributed by atoms with Crippen molar-refractivity contribution in [3.8, 4) is 5.75 Å². The Morgan fingerprint density at radius 2 is 2.08 bits per heavy atom. The molecular weight excluding hydrogens is 304 g/mol. The molecule has 0 spiro atoms. The summed E-state index contributed by atoms with van der Waals surface area (Å²) in [6.07, 6.45) is 2.67. The molecule has 2 rings (SSSR count). The molecule has 0 saturated carbocycles. The highest BCUT2D eigenvalue weighted by atomic mass is 16.5. The quantitative estimate of drug-likeness (QED) is 0.566. The zero-order valence-corrected chi connectivity index (χ0v) is 14.6. The summed E-state index contributed by atoms with van der Waals surface area (Å²) < 4.78 is 7.88. The second kappa shape index (κ2) is 9.54. The first-order chi connectivity index (χ1) is 11.7. The fourth-order valence-corrected chi connectivity index (χ4v) is 2.27. The summed E-state index contributed by atoms with van der Waals surface area (Å²) in [7, 11) is 1.76. The van der Waals surface area contributed by atoms with Gasteiger partial charge >= 0.3 is 0 Å². The Morgan fingerprint density at radius 1 is 1.29 bits per heavy atom. The van der Waals surface area contributed by atoms with Crippen molar-refractivity contribution in [3.05, 3.63) is 42.5 Å². The van der Waals surface area contributed by atoms with Crippen LogP contribution in [0.5, 0.6) is 5.75 Å². The van der Waals surface area contributed by atoms with E-state index in [-0.39, 0.29) is 6.10 Å². The Kier molecular flexibility index (Phi) is 7.07. The number of ether oxygens (including phenoxy) is 1. The number of aryl methyl sites for hydroxylation is 1. The molecule has 7 heteroatoms. The smallest absolute Gasteiger partial charge is 0.191 e. The number of guanidine groups is 1. The highest BCUT2D eigenvalue weighted by Gasteiger charge is 2.06. The van der Waals surface area contributed by atoms with Crippen LogP contribution in [0.1, 0.15) is 19.7 Å². The molecule has 1 atom stereocenters. The number of hydrogen-bond donors (Lipinski definition) is 2. The predicted octanol–water partition coefficient (Wildman–Crippen LogP) is 1.47. The zero-order valence-electron chi connectivity index (χ0n) is 14.6. The van der Waals surface area contributed by atoms with Gasteiger partial charge < -0.3 is 19.9 Å². The van der Waals surface area contributed by atoms with E-state index < -0.39 is 0 Å². The van der Waals surface area contributed by atoms with Crippen molar-refractivity contribution < 1.29 is 4.74 Å². The van der Waals surface area contributed by atoms with Crippen LogP contribution in [-0.4, -0.2) is 47.0 Å². The maximum atomic E-state index is 5.84. The third-order valence-corrected chi connectivity index (χ3v) is 3.52. The fraction of sp³-hybridized carbons (Fsp3) is 0.471. The van der Waals surface area contributed by atoms with Crippen molar-refractivity contribution in [2.45, 2.75) is 32.9 Å². The molecule has 1 aromatic heterocycles. The number of aromatic nitrogens is 3. The summed E-state index contributed by atoms with van der Waals surface area (Å²) in [5.41, 5.74) is 0. The van der Waals surface area contributed by atoms with E-state index >= 15 is 0 Å². The molecule has 2 aromatic rings. The number of nitrogens with zero attached hydrogens (tertiary/aromatic N) is 4. The monoisotopic (exact) mass is 330 g/mol. The highest BCUT2D eigenvalue weighted by Crippen LogP contribution is 2.10. The number of benzene rings is 1. The molecule has 0 bridgehead atoms. The molecule has 1 unspecified atom stereocenters. The van der Waals surface area contributed by atoms with Crippen LogP contribution in [0.2, 0.25) is 0 Å². The Bertz CT molecular complexity index is 625. The number of nitrogens with one attached hydrogen (secondary N) is 2. The molecule has 0 radical (unpaired) electrons. The number of para-hydroxylation sites is 1. The third kappa shape index (κ3) is 5.57. The minimum absolute atomic E-state index is 0.0375. The van der Waals surface area contributed by atoms with Crippen molar-refractivity contribution in [2.24, 2.45) is 4.99 Å². The average molecular weight is 330 g/mol. The molecule has 7 nitrogen and oxygen atoms in total. The molecule has 1 aromatic carbocycles. The lowest BCUT2D eigenvalue weighted by molar-refractivity contribution is 0.224. The third-order valence-electron chi connectivity index (χ3n) is 3.52. The first-order valence-corrected chi connectivity index (χ1v) is 8.25. The van der Waals surface area contributed by atoms with Crippen LogP contribution in [0.3, 0.4) is 0 Å². The maximum absolute atomic E-state index is 5.84.